The predicted molar refractivity (Wildman–Crippen MR) is 96.6 cm³/mol. The number of hydrogen-bond acceptors (Lipinski definition) is 3. The van der Waals surface area contributed by atoms with Crippen LogP contribution < -0.4 is 0 Å². The van der Waals surface area contributed by atoms with E-state index >= 15 is 0 Å². The molecule has 0 spiro atoms. The minimum absolute atomic E-state index is 0.0209. The van der Waals surface area contributed by atoms with Crippen LogP contribution in [-0.4, -0.2) is 25.9 Å². The lowest BCUT2D eigenvalue weighted by atomic mass is 9.84. The molecule has 1 fully saturated rings. The molecule has 1 saturated carbocycles. The van der Waals surface area contributed by atoms with E-state index in [0.717, 1.165) is 28.0 Å². The van der Waals surface area contributed by atoms with Gasteiger partial charge in [-0.15, -0.1) is 0 Å². The van der Waals surface area contributed by atoms with Gasteiger partial charge < -0.3 is 4.98 Å². The van der Waals surface area contributed by atoms with Gasteiger partial charge in [-0.05, 0) is 36.0 Å². The number of H-pyrrole nitrogens is 1. The third kappa shape index (κ3) is 3.85. The van der Waals surface area contributed by atoms with Gasteiger partial charge in [0.1, 0.15) is 11.5 Å². The molecule has 1 aliphatic rings. The predicted octanol–water partition coefficient (Wildman–Crippen LogP) is 4.97. The van der Waals surface area contributed by atoms with E-state index < -0.39 is 5.92 Å². The summed E-state index contributed by atoms with van der Waals surface area (Å²) in [6.07, 6.45) is 9.56. The van der Waals surface area contributed by atoms with E-state index in [1.54, 1.807) is 6.20 Å². The van der Waals surface area contributed by atoms with E-state index in [1.165, 1.54) is 0 Å². The van der Waals surface area contributed by atoms with Gasteiger partial charge in [0.25, 0.3) is 0 Å². The molecule has 4 nitrogen and oxygen atoms in total. The van der Waals surface area contributed by atoms with Crippen LogP contribution in [0.4, 0.5) is 8.78 Å². The van der Waals surface area contributed by atoms with Crippen molar-refractivity contribution >= 4 is 22.6 Å². The molecule has 0 atom stereocenters. The van der Waals surface area contributed by atoms with Crippen LogP contribution in [0, 0.1) is 5.92 Å². The molecule has 26 heavy (non-hydrogen) atoms. The molecule has 3 aromatic heterocycles. The van der Waals surface area contributed by atoms with Crippen LogP contribution in [0.2, 0.25) is 5.02 Å². The number of halogens is 3. The Kier molecular flexibility index (Phi) is 4.61. The second-order valence-electron chi connectivity index (χ2n) is 7.05. The van der Waals surface area contributed by atoms with Crippen LogP contribution >= 0.6 is 11.6 Å². The number of alkyl halides is 2. The number of aromatic nitrogens is 4. The average Bonchev–Trinajstić information content (AvgIpc) is 3.00. The molecule has 136 valence electrons. The van der Waals surface area contributed by atoms with E-state index in [2.05, 4.69) is 19.9 Å². The minimum Gasteiger partial charge on any atom is -0.346 e. The number of rotatable bonds is 4. The number of nitrogens with zero attached hydrogens (tertiary/aromatic N) is 3. The van der Waals surface area contributed by atoms with Crippen LogP contribution in [-0.2, 0) is 12.8 Å². The van der Waals surface area contributed by atoms with Crippen LogP contribution in [0.5, 0.6) is 0 Å². The first-order chi connectivity index (χ1) is 12.5. The fourth-order valence-electron chi connectivity index (χ4n) is 3.54. The Hall–Kier alpha value is -2.08. The van der Waals surface area contributed by atoms with Crippen molar-refractivity contribution in [2.45, 2.75) is 44.4 Å². The van der Waals surface area contributed by atoms with Crippen molar-refractivity contribution in [2.75, 3.05) is 0 Å². The molecule has 0 radical (unpaired) electrons. The monoisotopic (exact) mass is 376 g/mol. The third-order valence-corrected chi connectivity index (χ3v) is 5.25. The van der Waals surface area contributed by atoms with Gasteiger partial charge in [0, 0.05) is 55.9 Å². The van der Waals surface area contributed by atoms with Crippen molar-refractivity contribution in [3.63, 3.8) is 0 Å². The van der Waals surface area contributed by atoms with Crippen molar-refractivity contribution in [1.82, 2.24) is 19.9 Å². The highest BCUT2D eigenvalue weighted by molar-refractivity contribution is 6.31. The van der Waals surface area contributed by atoms with Gasteiger partial charge >= 0.3 is 0 Å². The maximum absolute atomic E-state index is 13.2. The first kappa shape index (κ1) is 17.3. The number of pyridine rings is 1. The van der Waals surface area contributed by atoms with Gasteiger partial charge in [0.2, 0.25) is 5.92 Å². The topological polar surface area (TPSA) is 54.5 Å². The maximum Gasteiger partial charge on any atom is 0.248 e. The first-order valence-corrected chi connectivity index (χ1v) is 9.15. The Labute approximate surface area is 155 Å². The summed E-state index contributed by atoms with van der Waals surface area (Å²) in [6, 6.07) is 1.89. The molecule has 3 heterocycles. The van der Waals surface area contributed by atoms with E-state index in [1.807, 2.05) is 24.7 Å². The molecule has 4 rings (SSSR count). The van der Waals surface area contributed by atoms with E-state index in [-0.39, 0.29) is 18.8 Å². The Morgan fingerprint density at radius 1 is 1.12 bits per heavy atom. The molecule has 1 N–H and O–H groups in total. The molecule has 0 unspecified atom stereocenters. The van der Waals surface area contributed by atoms with Crippen molar-refractivity contribution in [3.05, 3.63) is 52.8 Å². The summed E-state index contributed by atoms with van der Waals surface area (Å²) in [7, 11) is 0. The molecular formula is C19H19ClF2N4. The maximum atomic E-state index is 13.2. The van der Waals surface area contributed by atoms with E-state index in [0.29, 0.717) is 30.7 Å². The first-order valence-electron chi connectivity index (χ1n) is 8.78. The van der Waals surface area contributed by atoms with Crippen LogP contribution in [0.15, 0.2) is 30.9 Å². The molecule has 3 aromatic rings. The highest BCUT2D eigenvalue weighted by Crippen LogP contribution is 2.37. The zero-order valence-corrected chi connectivity index (χ0v) is 14.9. The fourth-order valence-corrected chi connectivity index (χ4v) is 3.70. The molecule has 7 heteroatoms. The smallest absolute Gasteiger partial charge is 0.248 e. The Bertz CT molecular complexity index is 898. The Balaban J connectivity index is 1.42. The lowest BCUT2D eigenvalue weighted by Gasteiger charge is -2.27. The van der Waals surface area contributed by atoms with E-state index in [4.69, 9.17) is 11.6 Å². The van der Waals surface area contributed by atoms with E-state index in [9.17, 15) is 8.78 Å². The fraction of sp³-hybridized carbons (Fsp3) is 0.421. The zero-order chi connectivity index (χ0) is 18.1. The van der Waals surface area contributed by atoms with Crippen molar-refractivity contribution < 1.29 is 8.78 Å². The summed E-state index contributed by atoms with van der Waals surface area (Å²) in [5.41, 5.74) is 2.88. The summed E-state index contributed by atoms with van der Waals surface area (Å²) in [5, 5.41) is 1.59. The molecule has 0 saturated heterocycles. The Morgan fingerprint density at radius 2 is 1.85 bits per heavy atom. The van der Waals surface area contributed by atoms with Crippen molar-refractivity contribution in [1.29, 1.82) is 0 Å². The zero-order valence-electron chi connectivity index (χ0n) is 14.2. The number of fused-ring (bicyclic) bond motifs is 1. The van der Waals surface area contributed by atoms with Gasteiger partial charge in [0.05, 0.1) is 5.02 Å². The van der Waals surface area contributed by atoms with Crippen molar-refractivity contribution in [2.24, 2.45) is 5.92 Å². The summed E-state index contributed by atoms with van der Waals surface area (Å²) >= 11 is 6.03. The van der Waals surface area contributed by atoms with Gasteiger partial charge in [-0.25, -0.2) is 23.7 Å². The van der Waals surface area contributed by atoms with Gasteiger partial charge in [-0.1, -0.05) is 11.6 Å². The standard InChI is InChI=1S/C19H19ClF2N4/c20-15-7-16-14(10-25-18(16)26-11-15)5-13-8-23-17(24-9-13)6-12-1-3-19(21,22)4-2-12/h7-12H,1-6H2,(H,25,26). The van der Waals surface area contributed by atoms with Gasteiger partial charge in [0.15, 0.2) is 0 Å². The van der Waals surface area contributed by atoms with Gasteiger partial charge in [-0.2, -0.15) is 0 Å². The number of hydrogen-bond donors (Lipinski definition) is 1. The largest absolute Gasteiger partial charge is 0.346 e. The molecule has 0 amide bonds. The highest BCUT2D eigenvalue weighted by Gasteiger charge is 2.35. The molecule has 0 aliphatic heterocycles. The third-order valence-electron chi connectivity index (χ3n) is 5.04. The summed E-state index contributed by atoms with van der Waals surface area (Å²) in [6.45, 7) is 0. The molecular weight excluding hydrogens is 358 g/mol. The second-order valence-corrected chi connectivity index (χ2v) is 7.49. The molecule has 0 aromatic carbocycles. The normalized spacial score (nSPS) is 17.7. The lowest BCUT2D eigenvalue weighted by Crippen LogP contribution is -2.25. The Morgan fingerprint density at radius 3 is 2.58 bits per heavy atom. The minimum atomic E-state index is -2.49. The summed E-state index contributed by atoms with van der Waals surface area (Å²) < 4.78 is 26.5. The summed E-state index contributed by atoms with van der Waals surface area (Å²) in [4.78, 5) is 16.3. The van der Waals surface area contributed by atoms with Crippen LogP contribution in [0.25, 0.3) is 11.0 Å². The quantitative estimate of drug-likeness (QED) is 0.699. The average molecular weight is 377 g/mol. The highest BCUT2D eigenvalue weighted by atomic mass is 35.5. The molecule has 1 aliphatic carbocycles. The number of nitrogens with one attached hydrogen (secondary N) is 1. The lowest BCUT2D eigenvalue weighted by molar-refractivity contribution is -0.0458. The number of aromatic amines is 1. The van der Waals surface area contributed by atoms with Crippen molar-refractivity contribution in [3.8, 4) is 0 Å². The SMILES string of the molecule is FC1(F)CCC(Cc2ncc(Cc3c[nH]c4ncc(Cl)cc34)cn2)CC1. The summed E-state index contributed by atoms with van der Waals surface area (Å²) in [5.74, 6) is -1.51. The van der Waals surface area contributed by atoms with Gasteiger partial charge in [-0.3, -0.25) is 0 Å². The van der Waals surface area contributed by atoms with Crippen LogP contribution in [0.1, 0.15) is 42.6 Å². The van der Waals surface area contributed by atoms with Crippen LogP contribution in [0.3, 0.4) is 0 Å². The molecule has 0 bridgehead atoms. The second kappa shape index (κ2) is 6.91.